The first-order valence-corrected chi connectivity index (χ1v) is 7.07. The number of aliphatic hydroxyl groups excluding tert-OH is 1. The van der Waals surface area contributed by atoms with Gasteiger partial charge in [-0.05, 0) is 25.1 Å². The predicted molar refractivity (Wildman–Crippen MR) is 84.5 cm³/mol. The Labute approximate surface area is 129 Å². The topological polar surface area (TPSA) is 87.8 Å². The largest absolute Gasteiger partial charge is 0.397 e. The van der Waals surface area contributed by atoms with E-state index in [9.17, 15) is 4.79 Å². The van der Waals surface area contributed by atoms with Crippen LogP contribution in [0.25, 0.3) is 0 Å². The molecule has 1 unspecified atom stereocenters. The number of halogens is 1. The van der Waals surface area contributed by atoms with Crippen LogP contribution in [0.4, 0.5) is 11.4 Å². The molecular weight excluding hydrogens is 294 g/mol. The number of carbonyl (C=O) groups excluding carboxylic acids is 1. The number of anilines is 2. The summed E-state index contributed by atoms with van der Waals surface area (Å²) in [7, 11) is 1.59. The Kier molecular flexibility index (Phi) is 7.45. The molecule has 21 heavy (non-hydrogen) atoms. The van der Waals surface area contributed by atoms with E-state index >= 15 is 0 Å². The number of rotatable bonds is 8. The number of nitrogens with zero attached hydrogens (tertiary/aromatic N) is 1. The second-order valence-corrected chi connectivity index (χ2v) is 5.09. The molecule has 0 heterocycles. The number of hydrogen-bond acceptors (Lipinski definition) is 5. The molecule has 0 aliphatic rings. The Bertz CT molecular complexity index is 471. The highest BCUT2D eigenvalue weighted by Crippen LogP contribution is 2.23. The second-order valence-electron chi connectivity index (χ2n) is 4.65. The van der Waals surface area contributed by atoms with Gasteiger partial charge in [-0.1, -0.05) is 11.6 Å². The lowest BCUT2D eigenvalue weighted by Gasteiger charge is -2.27. The fourth-order valence-corrected chi connectivity index (χ4v) is 2.05. The molecule has 1 atom stereocenters. The van der Waals surface area contributed by atoms with Crippen LogP contribution in [0.1, 0.15) is 6.92 Å². The van der Waals surface area contributed by atoms with E-state index in [0.29, 0.717) is 36.1 Å². The van der Waals surface area contributed by atoms with Crippen molar-refractivity contribution < 1.29 is 14.6 Å². The van der Waals surface area contributed by atoms with E-state index in [1.165, 1.54) is 0 Å². The minimum Gasteiger partial charge on any atom is -0.397 e. The number of hydrogen-bond donors (Lipinski definition) is 3. The molecular formula is C14H22ClN3O3. The summed E-state index contributed by atoms with van der Waals surface area (Å²) in [6, 6.07) is 4.48. The molecule has 0 fully saturated rings. The third kappa shape index (κ3) is 5.51. The van der Waals surface area contributed by atoms with Gasteiger partial charge in [-0.3, -0.25) is 9.69 Å². The maximum Gasteiger partial charge on any atom is 0.241 e. The van der Waals surface area contributed by atoms with Gasteiger partial charge < -0.3 is 20.9 Å². The van der Waals surface area contributed by atoms with E-state index in [-0.39, 0.29) is 12.5 Å². The Morgan fingerprint density at radius 2 is 2.24 bits per heavy atom. The zero-order valence-electron chi connectivity index (χ0n) is 12.3. The van der Waals surface area contributed by atoms with Gasteiger partial charge in [-0.15, -0.1) is 0 Å². The average Bonchev–Trinajstić information content (AvgIpc) is 2.46. The van der Waals surface area contributed by atoms with Gasteiger partial charge in [0.25, 0.3) is 0 Å². The number of ether oxygens (including phenoxy) is 1. The van der Waals surface area contributed by atoms with Crippen LogP contribution >= 0.6 is 11.6 Å². The molecule has 0 aliphatic heterocycles. The van der Waals surface area contributed by atoms with Gasteiger partial charge in [0.05, 0.1) is 30.6 Å². The van der Waals surface area contributed by atoms with Crippen LogP contribution in [0, 0.1) is 0 Å². The van der Waals surface area contributed by atoms with E-state index in [2.05, 4.69) is 5.32 Å². The van der Waals surface area contributed by atoms with Crippen LogP contribution in [0.2, 0.25) is 5.02 Å². The second kappa shape index (κ2) is 8.84. The van der Waals surface area contributed by atoms with Gasteiger partial charge in [0.1, 0.15) is 0 Å². The van der Waals surface area contributed by atoms with Crippen LogP contribution < -0.4 is 11.1 Å². The number of nitrogens with one attached hydrogen (secondary N) is 1. The van der Waals surface area contributed by atoms with Gasteiger partial charge in [-0.2, -0.15) is 0 Å². The fourth-order valence-electron chi connectivity index (χ4n) is 1.88. The summed E-state index contributed by atoms with van der Waals surface area (Å²) in [5.74, 6) is -0.214. The molecule has 0 saturated carbocycles. The van der Waals surface area contributed by atoms with Crippen molar-refractivity contribution in [1.82, 2.24) is 4.90 Å². The van der Waals surface area contributed by atoms with Crippen molar-refractivity contribution in [2.75, 3.05) is 44.5 Å². The van der Waals surface area contributed by atoms with Crippen LogP contribution in [0.3, 0.4) is 0 Å². The van der Waals surface area contributed by atoms with Gasteiger partial charge in [-0.25, -0.2) is 0 Å². The van der Waals surface area contributed by atoms with Gasteiger partial charge in [0, 0.05) is 25.2 Å². The van der Waals surface area contributed by atoms with Crippen LogP contribution in [-0.2, 0) is 9.53 Å². The number of benzene rings is 1. The number of nitrogen functional groups attached to an aromatic ring is 1. The third-order valence-electron chi connectivity index (χ3n) is 3.17. The van der Waals surface area contributed by atoms with Crippen LogP contribution in [0.5, 0.6) is 0 Å². The molecule has 0 aromatic heterocycles. The highest BCUT2D eigenvalue weighted by molar-refractivity contribution is 6.31. The SMILES string of the molecule is COCCN(CCO)C(C)C(=O)Nc1cc(Cl)ccc1N. The van der Waals surface area contributed by atoms with Crippen molar-refractivity contribution >= 4 is 28.9 Å². The lowest BCUT2D eigenvalue weighted by Crippen LogP contribution is -2.45. The number of carbonyl (C=O) groups is 1. The maximum atomic E-state index is 12.3. The minimum atomic E-state index is -0.425. The maximum absolute atomic E-state index is 12.3. The Morgan fingerprint density at radius 3 is 2.86 bits per heavy atom. The third-order valence-corrected chi connectivity index (χ3v) is 3.41. The Balaban J connectivity index is 2.73. The predicted octanol–water partition coefficient (Wildman–Crippen LogP) is 1.19. The monoisotopic (exact) mass is 315 g/mol. The highest BCUT2D eigenvalue weighted by Gasteiger charge is 2.21. The number of nitrogens with two attached hydrogens (primary N) is 1. The molecule has 1 aromatic rings. The molecule has 1 aromatic carbocycles. The smallest absolute Gasteiger partial charge is 0.241 e. The quantitative estimate of drug-likeness (QED) is 0.627. The first-order valence-electron chi connectivity index (χ1n) is 6.69. The summed E-state index contributed by atoms with van der Waals surface area (Å²) in [6.45, 7) is 3.17. The first-order chi connectivity index (χ1) is 9.99. The minimum absolute atomic E-state index is 0.0271. The van der Waals surface area contributed by atoms with E-state index in [1.807, 2.05) is 4.90 Å². The molecule has 4 N–H and O–H groups in total. The van der Waals surface area contributed by atoms with E-state index in [0.717, 1.165) is 0 Å². The molecule has 0 aliphatic carbocycles. The molecule has 1 amide bonds. The van der Waals surface area contributed by atoms with E-state index < -0.39 is 6.04 Å². The molecule has 1 rings (SSSR count). The summed E-state index contributed by atoms with van der Waals surface area (Å²) in [5.41, 5.74) is 6.74. The van der Waals surface area contributed by atoms with Crippen molar-refractivity contribution in [3.05, 3.63) is 23.2 Å². The van der Waals surface area contributed by atoms with Crippen LogP contribution in [0.15, 0.2) is 18.2 Å². The summed E-state index contributed by atoms with van der Waals surface area (Å²) in [6.07, 6.45) is 0. The number of methoxy groups -OCH3 is 1. The standard InChI is InChI=1S/C14H22ClN3O3/c1-10(18(5-7-19)6-8-21-2)14(20)17-13-9-11(15)3-4-12(13)16/h3-4,9-10,19H,5-8,16H2,1-2H3,(H,17,20). The zero-order chi connectivity index (χ0) is 15.8. The summed E-state index contributed by atoms with van der Waals surface area (Å²) < 4.78 is 5.01. The Morgan fingerprint density at radius 1 is 1.52 bits per heavy atom. The lowest BCUT2D eigenvalue weighted by atomic mass is 10.2. The van der Waals surface area contributed by atoms with Crippen molar-refractivity contribution in [3.63, 3.8) is 0 Å². The molecule has 118 valence electrons. The van der Waals surface area contributed by atoms with Gasteiger partial charge in [0.2, 0.25) is 5.91 Å². The molecule has 7 heteroatoms. The summed E-state index contributed by atoms with van der Waals surface area (Å²) >= 11 is 5.89. The van der Waals surface area contributed by atoms with Crippen molar-refractivity contribution in [2.24, 2.45) is 0 Å². The first kappa shape index (κ1) is 17.7. The van der Waals surface area contributed by atoms with E-state index in [1.54, 1.807) is 32.2 Å². The van der Waals surface area contributed by atoms with E-state index in [4.69, 9.17) is 27.2 Å². The van der Waals surface area contributed by atoms with Crippen LogP contribution in [-0.4, -0.2) is 55.4 Å². The average molecular weight is 316 g/mol. The number of amides is 1. The summed E-state index contributed by atoms with van der Waals surface area (Å²) in [5, 5.41) is 12.3. The molecule has 0 saturated heterocycles. The summed E-state index contributed by atoms with van der Waals surface area (Å²) in [4.78, 5) is 14.1. The molecule has 0 bridgehead atoms. The van der Waals surface area contributed by atoms with Crippen molar-refractivity contribution in [2.45, 2.75) is 13.0 Å². The highest BCUT2D eigenvalue weighted by atomic mass is 35.5. The van der Waals surface area contributed by atoms with Crippen molar-refractivity contribution in [3.8, 4) is 0 Å². The molecule has 0 radical (unpaired) electrons. The Hall–Kier alpha value is -1.34. The lowest BCUT2D eigenvalue weighted by molar-refractivity contribution is -0.121. The fraction of sp³-hybridized carbons (Fsp3) is 0.500. The number of aliphatic hydroxyl groups is 1. The van der Waals surface area contributed by atoms with Gasteiger partial charge >= 0.3 is 0 Å². The van der Waals surface area contributed by atoms with Crippen molar-refractivity contribution in [1.29, 1.82) is 0 Å². The van der Waals surface area contributed by atoms with Gasteiger partial charge in [0.15, 0.2) is 0 Å². The molecule has 0 spiro atoms. The normalized spacial score (nSPS) is 12.4. The molecule has 6 nitrogen and oxygen atoms in total. The zero-order valence-corrected chi connectivity index (χ0v) is 13.1.